The second-order valence-corrected chi connectivity index (χ2v) is 6.52. The van der Waals surface area contributed by atoms with Gasteiger partial charge in [-0.3, -0.25) is 0 Å². The summed E-state index contributed by atoms with van der Waals surface area (Å²) < 4.78 is 0. The normalized spacial score (nSPS) is 15.9. The molecular weight excluding hydrogens is 180 g/mol. The largest absolute Gasteiger partial charge is 0.120 e. The lowest BCUT2D eigenvalue weighted by molar-refractivity contribution is 0.202. The summed E-state index contributed by atoms with van der Waals surface area (Å²) in [5, 5.41) is 0. The average molecular weight is 205 g/mol. The van der Waals surface area contributed by atoms with Gasteiger partial charge in [0.1, 0.15) is 0 Å². The molecule has 0 aliphatic rings. The monoisotopic (exact) mass is 204 g/mol. The van der Waals surface area contributed by atoms with Crippen LogP contribution in [0.2, 0.25) is 0 Å². The molecule has 0 aromatic heterocycles. The van der Waals surface area contributed by atoms with Crippen LogP contribution in [0, 0.1) is 11.3 Å². The standard InChI is InChI=1S/C12H25Cl/c1-7-11(3,4)10(2)8-9-12(5,6)13/h10H,7-9H2,1-6H3. The minimum atomic E-state index is -0.0297. The molecule has 0 heterocycles. The first-order valence-corrected chi connectivity index (χ1v) is 5.76. The highest BCUT2D eigenvalue weighted by atomic mass is 35.5. The fraction of sp³-hybridized carbons (Fsp3) is 1.00. The molecule has 0 bridgehead atoms. The predicted molar refractivity (Wildman–Crippen MR) is 62.4 cm³/mol. The zero-order valence-electron chi connectivity index (χ0n) is 10.1. The molecule has 0 aromatic rings. The summed E-state index contributed by atoms with van der Waals surface area (Å²) in [6.07, 6.45) is 3.59. The van der Waals surface area contributed by atoms with Crippen LogP contribution in [-0.2, 0) is 0 Å². The molecular formula is C12H25Cl. The molecule has 0 amide bonds. The molecule has 0 rings (SSSR count). The molecule has 0 aliphatic heterocycles. The Kier molecular flexibility index (Phi) is 4.79. The second kappa shape index (κ2) is 4.68. The quantitative estimate of drug-likeness (QED) is 0.562. The Balaban J connectivity index is 3.95. The van der Waals surface area contributed by atoms with Crippen LogP contribution in [0.1, 0.15) is 60.8 Å². The van der Waals surface area contributed by atoms with E-state index in [-0.39, 0.29) is 4.87 Å². The Hall–Kier alpha value is 0.290. The van der Waals surface area contributed by atoms with Crippen molar-refractivity contribution >= 4 is 11.6 Å². The maximum atomic E-state index is 6.17. The maximum absolute atomic E-state index is 6.17. The number of halogens is 1. The summed E-state index contributed by atoms with van der Waals surface area (Å²) in [5.41, 5.74) is 0.460. The molecule has 80 valence electrons. The van der Waals surface area contributed by atoms with Crippen molar-refractivity contribution in [2.75, 3.05) is 0 Å². The number of rotatable bonds is 5. The molecule has 13 heavy (non-hydrogen) atoms. The van der Waals surface area contributed by atoms with E-state index in [2.05, 4.69) is 41.5 Å². The first-order chi connectivity index (χ1) is 5.69. The molecule has 0 saturated carbocycles. The van der Waals surface area contributed by atoms with Gasteiger partial charge in [-0.25, -0.2) is 0 Å². The Labute approximate surface area is 89.1 Å². The lowest BCUT2D eigenvalue weighted by atomic mass is 9.75. The van der Waals surface area contributed by atoms with Crippen molar-refractivity contribution in [2.45, 2.75) is 65.7 Å². The van der Waals surface area contributed by atoms with Crippen molar-refractivity contribution in [3.8, 4) is 0 Å². The molecule has 1 heteroatoms. The van der Waals surface area contributed by atoms with Crippen LogP contribution in [0.5, 0.6) is 0 Å². The van der Waals surface area contributed by atoms with Crippen LogP contribution < -0.4 is 0 Å². The van der Waals surface area contributed by atoms with Crippen molar-refractivity contribution in [3.63, 3.8) is 0 Å². The van der Waals surface area contributed by atoms with Crippen LogP contribution in [0.4, 0.5) is 0 Å². The van der Waals surface area contributed by atoms with Crippen LogP contribution in [-0.4, -0.2) is 4.87 Å². The molecule has 0 saturated heterocycles. The lowest BCUT2D eigenvalue weighted by Gasteiger charge is -2.32. The van der Waals surface area contributed by atoms with Crippen molar-refractivity contribution in [3.05, 3.63) is 0 Å². The maximum Gasteiger partial charge on any atom is 0.0390 e. The first-order valence-electron chi connectivity index (χ1n) is 5.38. The molecule has 1 unspecified atom stereocenters. The van der Waals surface area contributed by atoms with Crippen LogP contribution in [0.15, 0.2) is 0 Å². The summed E-state index contributed by atoms with van der Waals surface area (Å²) in [6, 6.07) is 0. The highest BCUT2D eigenvalue weighted by molar-refractivity contribution is 6.23. The van der Waals surface area contributed by atoms with Crippen molar-refractivity contribution in [2.24, 2.45) is 11.3 Å². The van der Waals surface area contributed by atoms with E-state index in [0.29, 0.717) is 5.41 Å². The molecule has 0 N–H and O–H groups in total. The molecule has 1 atom stereocenters. The van der Waals surface area contributed by atoms with E-state index in [1.807, 2.05) is 0 Å². The van der Waals surface area contributed by atoms with E-state index < -0.39 is 0 Å². The van der Waals surface area contributed by atoms with Gasteiger partial charge in [-0.2, -0.15) is 0 Å². The van der Waals surface area contributed by atoms with E-state index in [4.69, 9.17) is 11.6 Å². The van der Waals surface area contributed by atoms with Gasteiger partial charge in [0.2, 0.25) is 0 Å². The lowest BCUT2D eigenvalue weighted by Crippen LogP contribution is -2.23. The number of alkyl halides is 1. The van der Waals surface area contributed by atoms with Gasteiger partial charge >= 0.3 is 0 Å². The fourth-order valence-electron chi connectivity index (χ4n) is 1.30. The van der Waals surface area contributed by atoms with Gasteiger partial charge in [0.15, 0.2) is 0 Å². The smallest absolute Gasteiger partial charge is 0.0390 e. The van der Waals surface area contributed by atoms with Gasteiger partial charge in [-0.05, 0) is 38.0 Å². The Morgan fingerprint density at radius 3 is 1.92 bits per heavy atom. The highest BCUT2D eigenvalue weighted by Crippen LogP contribution is 2.35. The first kappa shape index (κ1) is 13.3. The van der Waals surface area contributed by atoms with Gasteiger partial charge < -0.3 is 0 Å². The molecule has 0 spiro atoms. The second-order valence-electron chi connectivity index (χ2n) is 5.50. The third-order valence-electron chi connectivity index (χ3n) is 3.42. The molecule has 0 aromatic carbocycles. The van der Waals surface area contributed by atoms with Crippen LogP contribution in [0.25, 0.3) is 0 Å². The Morgan fingerprint density at radius 2 is 1.62 bits per heavy atom. The van der Waals surface area contributed by atoms with Crippen molar-refractivity contribution in [1.29, 1.82) is 0 Å². The number of hydrogen-bond donors (Lipinski definition) is 0. The summed E-state index contributed by atoms with van der Waals surface area (Å²) >= 11 is 6.17. The van der Waals surface area contributed by atoms with Gasteiger partial charge in [0.05, 0.1) is 0 Å². The Morgan fingerprint density at radius 1 is 1.15 bits per heavy atom. The SMILES string of the molecule is CCC(C)(C)C(C)CCC(C)(C)Cl. The van der Waals surface area contributed by atoms with Gasteiger partial charge in [-0.1, -0.05) is 34.1 Å². The zero-order valence-corrected chi connectivity index (χ0v) is 10.8. The zero-order chi connectivity index (χ0) is 10.7. The van der Waals surface area contributed by atoms with Crippen LogP contribution in [0.3, 0.4) is 0 Å². The molecule has 0 nitrogen and oxygen atoms in total. The topological polar surface area (TPSA) is 0 Å². The predicted octanol–water partition coefficient (Wildman–Crippen LogP) is 4.86. The number of hydrogen-bond acceptors (Lipinski definition) is 0. The van der Waals surface area contributed by atoms with Gasteiger partial charge in [0, 0.05) is 4.87 Å². The third-order valence-corrected chi connectivity index (χ3v) is 3.61. The van der Waals surface area contributed by atoms with Crippen molar-refractivity contribution in [1.82, 2.24) is 0 Å². The molecule has 0 aliphatic carbocycles. The average Bonchev–Trinajstić information content (AvgIpc) is 1.98. The van der Waals surface area contributed by atoms with E-state index in [0.717, 1.165) is 12.3 Å². The molecule has 0 radical (unpaired) electrons. The minimum Gasteiger partial charge on any atom is -0.120 e. The van der Waals surface area contributed by atoms with Gasteiger partial charge in [0.25, 0.3) is 0 Å². The summed E-state index contributed by atoms with van der Waals surface area (Å²) in [5.74, 6) is 0.760. The van der Waals surface area contributed by atoms with E-state index in [1.54, 1.807) is 0 Å². The van der Waals surface area contributed by atoms with E-state index in [1.165, 1.54) is 12.8 Å². The summed E-state index contributed by atoms with van der Waals surface area (Å²) in [6.45, 7) is 13.5. The van der Waals surface area contributed by atoms with E-state index in [9.17, 15) is 0 Å². The van der Waals surface area contributed by atoms with Gasteiger partial charge in [-0.15, -0.1) is 11.6 Å². The molecule has 0 fully saturated rings. The fourth-order valence-corrected chi connectivity index (χ4v) is 1.41. The van der Waals surface area contributed by atoms with Crippen LogP contribution >= 0.6 is 11.6 Å². The van der Waals surface area contributed by atoms with E-state index >= 15 is 0 Å². The minimum absolute atomic E-state index is 0.0297. The summed E-state index contributed by atoms with van der Waals surface area (Å²) in [7, 11) is 0. The Bertz CT molecular complexity index is 142. The summed E-state index contributed by atoms with van der Waals surface area (Å²) in [4.78, 5) is -0.0297. The van der Waals surface area contributed by atoms with Crippen molar-refractivity contribution < 1.29 is 0 Å². The highest BCUT2D eigenvalue weighted by Gasteiger charge is 2.25. The third kappa shape index (κ3) is 5.57.